The van der Waals surface area contributed by atoms with Gasteiger partial charge >= 0.3 is 5.69 Å². The first-order valence-corrected chi connectivity index (χ1v) is 9.79. The van der Waals surface area contributed by atoms with Crippen LogP contribution >= 0.6 is 11.3 Å². The molecule has 2 aromatic rings. The predicted molar refractivity (Wildman–Crippen MR) is 100.0 cm³/mol. The molecule has 1 atom stereocenters. The van der Waals surface area contributed by atoms with Crippen molar-refractivity contribution < 1.29 is 4.79 Å². The van der Waals surface area contributed by atoms with Crippen LogP contribution in [0.25, 0.3) is 0 Å². The topological polar surface area (TPSA) is 55.2 Å². The van der Waals surface area contributed by atoms with Crippen LogP contribution in [-0.2, 0) is 17.8 Å². The zero-order valence-electron chi connectivity index (χ0n) is 14.9. The van der Waals surface area contributed by atoms with E-state index in [4.69, 9.17) is 0 Å². The molecule has 0 saturated carbocycles. The molecule has 134 valence electrons. The molecule has 3 rings (SSSR count). The molecule has 0 radical (unpaired) electrons. The van der Waals surface area contributed by atoms with E-state index in [-0.39, 0.29) is 24.2 Å². The van der Waals surface area contributed by atoms with Gasteiger partial charge in [-0.15, -0.1) is 11.3 Å². The van der Waals surface area contributed by atoms with Crippen molar-refractivity contribution in [3.63, 3.8) is 0 Å². The highest BCUT2D eigenvalue weighted by Gasteiger charge is 2.27. The third-order valence-electron chi connectivity index (χ3n) is 4.89. The average molecular weight is 359 g/mol. The Balaban J connectivity index is 1.69. The zero-order chi connectivity index (χ0) is 17.8. The van der Waals surface area contributed by atoms with E-state index in [1.165, 1.54) is 15.9 Å². The van der Waals surface area contributed by atoms with Crippen molar-refractivity contribution in [3.05, 3.63) is 50.3 Å². The van der Waals surface area contributed by atoms with E-state index in [1.807, 2.05) is 17.9 Å². The largest absolute Gasteiger partial charge is 0.348 e. The maximum atomic E-state index is 12.9. The van der Waals surface area contributed by atoms with Crippen LogP contribution in [0, 0.1) is 13.8 Å². The number of hydrogen-bond donors (Lipinski definition) is 0. The molecule has 0 aromatic carbocycles. The molecule has 0 bridgehead atoms. The lowest BCUT2D eigenvalue weighted by molar-refractivity contribution is -0.135. The minimum atomic E-state index is -0.335. The Bertz CT molecular complexity index is 782. The van der Waals surface area contributed by atoms with Gasteiger partial charge < -0.3 is 4.90 Å². The molecule has 0 aliphatic carbocycles. The summed E-state index contributed by atoms with van der Waals surface area (Å²) < 4.78 is 1.49. The molecule has 5 nitrogen and oxygen atoms in total. The summed E-state index contributed by atoms with van der Waals surface area (Å²) >= 11 is 1.77. The van der Waals surface area contributed by atoms with E-state index in [0.29, 0.717) is 5.69 Å². The molecule has 0 N–H and O–H groups in total. The highest BCUT2D eigenvalue weighted by molar-refractivity contribution is 7.09. The zero-order valence-corrected chi connectivity index (χ0v) is 15.7. The standard InChI is InChI=1S/C19H25N3O2S/c1-14-12-15(2)22(19(24)20-14)13-18(23)21-10-4-3-6-16(21)8-9-17-7-5-11-25-17/h5,7,11-12,16H,3-4,6,8-10,13H2,1-2H3/t16-/m0/s1. The summed E-state index contributed by atoms with van der Waals surface area (Å²) in [6, 6.07) is 6.35. The highest BCUT2D eigenvalue weighted by atomic mass is 32.1. The smallest absolute Gasteiger partial charge is 0.338 e. The second kappa shape index (κ2) is 7.95. The number of amides is 1. The van der Waals surface area contributed by atoms with Gasteiger partial charge in [0.2, 0.25) is 5.91 Å². The van der Waals surface area contributed by atoms with E-state index in [0.717, 1.165) is 37.9 Å². The van der Waals surface area contributed by atoms with Crippen molar-refractivity contribution in [2.24, 2.45) is 0 Å². The second-order valence-electron chi connectivity index (χ2n) is 6.76. The number of nitrogens with zero attached hydrogens (tertiary/aromatic N) is 3. The average Bonchev–Trinajstić information content (AvgIpc) is 3.10. The molecule has 6 heteroatoms. The lowest BCUT2D eigenvalue weighted by Gasteiger charge is -2.36. The van der Waals surface area contributed by atoms with Crippen molar-refractivity contribution in [1.82, 2.24) is 14.5 Å². The first-order valence-electron chi connectivity index (χ1n) is 8.91. The highest BCUT2D eigenvalue weighted by Crippen LogP contribution is 2.23. The summed E-state index contributed by atoms with van der Waals surface area (Å²) in [5.41, 5.74) is 1.15. The number of piperidine rings is 1. The van der Waals surface area contributed by atoms with Gasteiger partial charge in [-0.1, -0.05) is 6.07 Å². The summed E-state index contributed by atoms with van der Waals surface area (Å²) in [5, 5.41) is 2.10. The molecule has 1 aliphatic rings. The first kappa shape index (κ1) is 17.9. The summed E-state index contributed by atoms with van der Waals surface area (Å²) in [7, 11) is 0. The molecule has 25 heavy (non-hydrogen) atoms. The van der Waals surface area contributed by atoms with Crippen molar-refractivity contribution >= 4 is 17.2 Å². The summed E-state index contributed by atoms with van der Waals surface area (Å²) in [4.78, 5) is 32.3. The molecule has 0 spiro atoms. The third kappa shape index (κ3) is 4.37. The number of rotatable bonds is 5. The minimum absolute atomic E-state index is 0.0340. The van der Waals surface area contributed by atoms with Gasteiger partial charge in [-0.2, -0.15) is 4.98 Å². The van der Waals surface area contributed by atoms with Gasteiger partial charge in [0, 0.05) is 28.9 Å². The van der Waals surface area contributed by atoms with Gasteiger partial charge in [0.1, 0.15) is 6.54 Å². The van der Waals surface area contributed by atoms with Crippen molar-refractivity contribution in [1.29, 1.82) is 0 Å². The number of hydrogen-bond acceptors (Lipinski definition) is 4. The molecule has 3 heterocycles. The van der Waals surface area contributed by atoms with E-state index < -0.39 is 0 Å². The fraction of sp³-hybridized carbons (Fsp3) is 0.526. The van der Waals surface area contributed by atoms with Crippen LogP contribution in [0.5, 0.6) is 0 Å². The summed E-state index contributed by atoms with van der Waals surface area (Å²) in [6.07, 6.45) is 5.27. The molecular formula is C19H25N3O2S. The number of likely N-dealkylation sites (tertiary alicyclic amines) is 1. The molecule has 1 aliphatic heterocycles. The number of aryl methyl sites for hydroxylation is 3. The van der Waals surface area contributed by atoms with Gasteiger partial charge in [-0.05, 0) is 63.5 Å². The summed E-state index contributed by atoms with van der Waals surface area (Å²) in [6.45, 7) is 4.54. The molecule has 1 fully saturated rings. The predicted octanol–water partition coefficient (Wildman–Crippen LogP) is 2.94. The molecular weight excluding hydrogens is 334 g/mol. The van der Waals surface area contributed by atoms with Crippen molar-refractivity contribution in [2.45, 2.75) is 58.5 Å². The number of carbonyl (C=O) groups excluding carboxylic acids is 1. The van der Waals surface area contributed by atoms with Gasteiger partial charge in [0.15, 0.2) is 0 Å². The minimum Gasteiger partial charge on any atom is -0.338 e. The molecule has 2 aromatic heterocycles. The fourth-order valence-corrected chi connectivity index (χ4v) is 4.31. The monoisotopic (exact) mass is 359 g/mol. The number of thiophene rings is 1. The van der Waals surface area contributed by atoms with Gasteiger partial charge in [0.05, 0.1) is 0 Å². The molecule has 1 saturated heterocycles. The lowest BCUT2D eigenvalue weighted by Crippen LogP contribution is -2.46. The Morgan fingerprint density at radius 3 is 2.92 bits per heavy atom. The van der Waals surface area contributed by atoms with Crippen LogP contribution in [0.3, 0.4) is 0 Å². The quantitative estimate of drug-likeness (QED) is 0.825. The Kier molecular flexibility index (Phi) is 5.68. The van der Waals surface area contributed by atoms with Crippen LogP contribution in [-0.4, -0.2) is 32.9 Å². The van der Waals surface area contributed by atoms with Gasteiger partial charge in [-0.3, -0.25) is 9.36 Å². The van der Waals surface area contributed by atoms with Crippen LogP contribution in [0.4, 0.5) is 0 Å². The normalized spacial score (nSPS) is 17.7. The second-order valence-corrected chi connectivity index (χ2v) is 7.79. The SMILES string of the molecule is Cc1cc(C)n(CC(=O)N2CCCC[C@H]2CCc2cccs2)c(=O)n1. The molecule has 0 unspecified atom stereocenters. The van der Waals surface area contributed by atoms with E-state index in [1.54, 1.807) is 18.3 Å². The van der Waals surface area contributed by atoms with E-state index >= 15 is 0 Å². The Morgan fingerprint density at radius 1 is 1.36 bits per heavy atom. The summed E-state index contributed by atoms with van der Waals surface area (Å²) in [5.74, 6) is 0.0340. The van der Waals surface area contributed by atoms with Crippen molar-refractivity contribution in [3.8, 4) is 0 Å². The van der Waals surface area contributed by atoms with E-state index in [9.17, 15) is 9.59 Å². The Morgan fingerprint density at radius 2 is 2.20 bits per heavy atom. The third-order valence-corrected chi connectivity index (χ3v) is 5.83. The maximum absolute atomic E-state index is 12.9. The van der Waals surface area contributed by atoms with E-state index in [2.05, 4.69) is 22.5 Å². The van der Waals surface area contributed by atoms with Gasteiger partial charge in [0.25, 0.3) is 0 Å². The van der Waals surface area contributed by atoms with Crippen LogP contribution in [0.2, 0.25) is 0 Å². The van der Waals surface area contributed by atoms with Crippen molar-refractivity contribution in [2.75, 3.05) is 6.54 Å². The van der Waals surface area contributed by atoms with Gasteiger partial charge in [-0.25, -0.2) is 4.79 Å². The number of carbonyl (C=O) groups is 1. The Hall–Kier alpha value is -1.95. The maximum Gasteiger partial charge on any atom is 0.348 e. The van der Waals surface area contributed by atoms with Crippen LogP contribution < -0.4 is 5.69 Å². The number of aromatic nitrogens is 2. The first-order chi connectivity index (χ1) is 12.0. The lowest BCUT2D eigenvalue weighted by atomic mass is 9.97. The van der Waals surface area contributed by atoms with Crippen LogP contribution in [0.1, 0.15) is 41.9 Å². The van der Waals surface area contributed by atoms with Crippen LogP contribution in [0.15, 0.2) is 28.4 Å². The molecule has 1 amide bonds. The Labute approximate surface area is 152 Å². The fourth-order valence-electron chi connectivity index (χ4n) is 3.59.